The van der Waals surface area contributed by atoms with Crippen molar-refractivity contribution in [2.24, 2.45) is 0 Å². The molecule has 0 aliphatic heterocycles. The second kappa shape index (κ2) is 5.98. The summed E-state index contributed by atoms with van der Waals surface area (Å²) in [5.41, 5.74) is 0.703. The fraction of sp³-hybridized carbons (Fsp3) is 0.0556. The second-order valence-electron chi connectivity index (χ2n) is 5.32. The summed E-state index contributed by atoms with van der Waals surface area (Å²) in [6.07, 6.45) is 0. The van der Waals surface area contributed by atoms with E-state index in [9.17, 15) is 18.3 Å². The van der Waals surface area contributed by atoms with E-state index >= 15 is 0 Å². The standard InChI is InChI=1S/C18H14O5S/c1-12-6-9-14(10-7-12)24(21,22)23-17-15-5-3-2-4-13(15)8-11-16(17)18(19)20/h2-11H,1H3,(H,19,20). The van der Waals surface area contributed by atoms with Crippen molar-refractivity contribution in [2.45, 2.75) is 11.8 Å². The summed E-state index contributed by atoms with van der Waals surface area (Å²) >= 11 is 0. The summed E-state index contributed by atoms with van der Waals surface area (Å²) in [6.45, 7) is 1.84. The van der Waals surface area contributed by atoms with Crippen LogP contribution < -0.4 is 4.18 Å². The highest BCUT2D eigenvalue weighted by Crippen LogP contribution is 2.32. The smallest absolute Gasteiger partial charge is 0.339 e. The Morgan fingerprint density at radius 1 is 0.958 bits per heavy atom. The number of hydrogen-bond acceptors (Lipinski definition) is 4. The summed E-state index contributed by atoms with van der Waals surface area (Å²) in [4.78, 5) is 11.4. The number of aromatic carboxylic acids is 1. The van der Waals surface area contributed by atoms with E-state index in [4.69, 9.17) is 4.18 Å². The minimum atomic E-state index is -4.14. The molecule has 5 nitrogen and oxygen atoms in total. The number of fused-ring (bicyclic) bond motifs is 1. The zero-order chi connectivity index (χ0) is 17.3. The van der Waals surface area contributed by atoms with Gasteiger partial charge in [-0.2, -0.15) is 8.42 Å². The average Bonchev–Trinajstić information content (AvgIpc) is 2.55. The largest absolute Gasteiger partial charge is 0.478 e. The molecule has 0 atom stereocenters. The first-order valence-electron chi connectivity index (χ1n) is 7.15. The highest BCUT2D eigenvalue weighted by molar-refractivity contribution is 7.87. The van der Waals surface area contributed by atoms with Crippen LogP contribution >= 0.6 is 0 Å². The number of carbonyl (C=O) groups is 1. The van der Waals surface area contributed by atoms with Crippen molar-refractivity contribution in [3.8, 4) is 5.75 Å². The molecule has 0 aromatic heterocycles. The lowest BCUT2D eigenvalue weighted by Crippen LogP contribution is -2.13. The summed E-state index contributed by atoms with van der Waals surface area (Å²) in [5, 5.41) is 10.5. The van der Waals surface area contributed by atoms with Crippen molar-refractivity contribution in [1.29, 1.82) is 0 Å². The molecule has 0 aliphatic carbocycles. The number of aryl methyl sites for hydroxylation is 1. The lowest BCUT2D eigenvalue weighted by molar-refractivity contribution is 0.0695. The van der Waals surface area contributed by atoms with Gasteiger partial charge in [0.25, 0.3) is 0 Å². The first-order valence-corrected chi connectivity index (χ1v) is 8.55. The summed E-state index contributed by atoms with van der Waals surface area (Å²) in [6, 6.07) is 16.0. The van der Waals surface area contributed by atoms with Crippen molar-refractivity contribution >= 4 is 26.9 Å². The molecule has 0 bridgehead atoms. The van der Waals surface area contributed by atoms with Gasteiger partial charge in [0.1, 0.15) is 10.5 Å². The molecule has 122 valence electrons. The Bertz CT molecular complexity index is 1020. The first kappa shape index (κ1) is 16.0. The quantitative estimate of drug-likeness (QED) is 0.733. The van der Waals surface area contributed by atoms with Gasteiger partial charge in [0.2, 0.25) is 0 Å². The van der Waals surface area contributed by atoms with Gasteiger partial charge < -0.3 is 9.29 Å². The van der Waals surface area contributed by atoms with E-state index < -0.39 is 16.1 Å². The number of benzene rings is 3. The Kier molecular flexibility index (Phi) is 3.99. The van der Waals surface area contributed by atoms with E-state index in [1.54, 1.807) is 42.5 Å². The Hall–Kier alpha value is -2.86. The number of carboxylic acids is 1. The van der Waals surface area contributed by atoms with Gasteiger partial charge in [-0.15, -0.1) is 0 Å². The first-order chi connectivity index (χ1) is 11.4. The molecule has 0 saturated carbocycles. The van der Waals surface area contributed by atoms with E-state index in [2.05, 4.69) is 0 Å². The van der Waals surface area contributed by atoms with Gasteiger partial charge in [-0.1, -0.05) is 48.0 Å². The molecule has 0 unspecified atom stereocenters. The summed E-state index contributed by atoms with van der Waals surface area (Å²) in [5.74, 6) is -1.43. The zero-order valence-corrected chi connectivity index (χ0v) is 13.6. The molecule has 0 saturated heterocycles. The lowest BCUT2D eigenvalue weighted by Gasteiger charge is -2.12. The van der Waals surface area contributed by atoms with Crippen molar-refractivity contribution in [1.82, 2.24) is 0 Å². The van der Waals surface area contributed by atoms with Crippen molar-refractivity contribution < 1.29 is 22.5 Å². The maximum Gasteiger partial charge on any atom is 0.339 e. The highest BCUT2D eigenvalue weighted by Gasteiger charge is 2.23. The average molecular weight is 342 g/mol. The molecular formula is C18H14O5S. The predicted octanol–water partition coefficient (Wildman–Crippen LogP) is 3.61. The number of carboxylic acid groups (broad SMARTS) is 1. The topological polar surface area (TPSA) is 80.7 Å². The second-order valence-corrected chi connectivity index (χ2v) is 6.87. The maximum absolute atomic E-state index is 12.5. The highest BCUT2D eigenvalue weighted by atomic mass is 32.2. The molecular weight excluding hydrogens is 328 g/mol. The van der Waals surface area contributed by atoms with Gasteiger partial charge in [-0.3, -0.25) is 0 Å². The minimum absolute atomic E-state index is 0.0302. The Morgan fingerprint density at radius 3 is 2.29 bits per heavy atom. The molecule has 24 heavy (non-hydrogen) atoms. The summed E-state index contributed by atoms with van der Waals surface area (Å²) in [7, 11) is -4.14. The van der Waals surface area contributed by atoms with E-state index in [1.165, 1.54) is 18.2 Å². The molecule has 6 heteroatoms. The van der Waals surface area contributed by atoms with Gasteiger partial charge >= 0.3 is 16.1 Å². The Morgan fingerprint density at radius 2 is 1.62 bits per heavy atom. The molecule has 0 fully saturated rings. The number of hydrogen-bond donors (Lipinski definition) is 1. The molecule has 0 heterocycles. The third-order valence-corrected chi connectivity index (χ3v) is 4.85. The van der Waals surface area contributed by atoms with Crippen LogP contribution in [0.2, 0.25) is 0 Å². The third-order valence-electron chi connectivity index (χ3n) is 3.61. The monoisotopic (exact) mass is 342 g/mol. The van der Waals surface area contributed by atoms with Crippen LogP contribution in [0.4, 0.5) is 0 Å². The van der Waals surface area contributed by atoms with Gasteiger partial charge in [0, 0.05) is 5.39 Å². The van der Waals surface area contributed by atoms with Crippen LogP contribution in [0.25, 0.3) is 10.8 Å². The van der Waals surface area contributed by atoms with Crippen molar-refractivity contribution in [2.75, 3.05) is 0 Å². The summed E-state index contributed by atoms with van der Waals surface area (Å²) < 4.78 is 30.3. The van der Waals surface area contributed by atoms with Crippen LogP contribution in [0, 0.1) is 6.92 Å². The maximum atomic E-state index is 12.5. The molecule has 3 aromatic rings. The van der Waals surface area contributed by atoms with Crippen LogP contribution in [-0.4, -0.2) is 19.5 Å². The lowest BCUT2D eigenvalue weighted by atomic mass is 10.1. The fourth-order valence-electron chi connectivity index (χ4n) is 2.36. The van der Waals surface area contributed by atoms with Crippen LogP contribution in [0.3, 0.4) is 0 Å². The van der Waals surface area contributed by atoms with E-state index in [0.717, 1.165) is 5.56 Å². The van der Waals surface area contributed by atoms with Crippen LogP contribution in [0.1, 0.15) is 15.9 Å². The van der Waals surface area contributed by atoms with Gasteiger partial charge in [-0.25, -0.2) is 4.79 Å². The number of rotatable bonds is 4. The molecule has 0 amide bonds. The van der Waals surface area contributed by atoms with E-state index in [0.29, 0.717) is 10.8 Å². The molecule has 3 rings (SSSR count). The molecule has 1 N–H and O–H groups in total. The third kappa shape index (κ3) is 2.96. The predicted molar refractivity (Wildman–Crippen MR) is 89.9 cm³/mol. The molecule has 3 aromatic carbocycles. The van der Waals surface area contributed by atoms with E-state index in [-0.39, 0.29) is 16.2 Å². The van der Waals surface area contributed by atoms with Crippen molar-refractivity contribution in [3.63, 3.8) is 0 Å². The van der Waals surface area contributed by atoms with Crippen molar-refractivity contribution in [3.05, 3.63) is 71.8 Å². The van der Waals surface area contributed by atoms with Gasteiger partial charge in [-0.05, 0) is 30.5 Å². The normalized spacial score (nSPS) is 11.4. The van der Waals surface area contributed by atoms with Crippen LogP contribution in [0.15, 0.2) is 65.6 Å². The van der Waals surface area contributed by atoms with Crippen LogP contribution in [-0.2, 0) is 10.1 Å². The molecule has 0 spiro atoms. The fourth-order valence-corrected chi connectivity index (χ4v) is 3.33. The van der Waals surface area contributed by atoms with Crippen LogP contribution in [0.5, 0.6) is 5.75 Å². The SMILES string of the molecule is Cc1ccc(S(=O)(=O)Oc2c(C(=O)O)ccc3ccccc23)cc1. The van der Waals surface area contributed by atoms with E-state index in [1.807, 2.05) is 6.92 Å². The Balaban J connectivity index is 2.16. The Labute approximate surface area is 139 Å². The van der Waals surface area contributed by atoms with Gasteiger partial charge in [0.05, 0.1) is 0 Å². The molecule has 0 aliphatic rings. The molecule has 0 radical (unpaired) electrons. The minimum Gasteiger partial charge on any atom is -0.478 e. The van der Waals surface area contributed by atoms with Gasteiger partial charge in [0.15, 0.2) is 5.75 Å². The zero-order valence-electron chi connectivity index (χ0n) is 12.8.